The van der Waals surface area contributed by atoms with E-state index in [9.17, 15) is 4.79 Å². The number of nitrogens with zero attached hydrogens (tertiary/aromatic N) is 2. The van der Waals surface area contributed by atoms with Gasteiger partial charge in [-0.3, -0.25) is 14.7 Å². The number of halogens is 2. The number of Topliss-reactive ketones (excluding diaryl/α,β-unsaturated/α-hetero) is 1. The van der Waals surface area contributed by atoms with Crippen LogP contribution in [0.1, 0.15) is 15.9 Å². The van der Waals surface area contributed by atoms with Gasteiger partial charge in [0.05, 0.1) is 22.2 Å². The lowest BCUT2D eigenvalue weighted by atomic mass is 10.1. The van der Waals surface area contributed by atoms with E-state index in [0.717, 1.165) is 5.56 Å². The highest BCUT2D eigenvalue weighted by Crippen LogP contribution is 2.23. The molecule has 5 heteroatoms. The average molecular weight is 309 g/mol. The molecule has 0 atom stereocenters. The monoisotopic (exact) mass is 308 g/mol. The zero-order valence-electron chi connectivity index (χ0n) is 11.0. The predicted molar refractivity (Wildman–Crippen MR) is 81.4 cm³/mol. The minimum atomic E-state index is -0.110. The topological polar surface area (TPSA) is 33.2 Å². The molecule has 2 aromatic rings. The fraction of sp³-hybridized carbons (Fsp3) is 0.200. The smallest absolute Gasteiger partial charge is 0.179 e. The predicted octanol–water partition coefficient (Wildman–Crippen LogP) is 3.70. The van der Waals surface area contributed by atoms with Crippen LogP contribution in [0.15, 0.2) is 42.7 Å². The van der Waals surface area contributed by atoms with Gasteiger partial charge in [0.1, 0.15) is 0 Å². The maximum Gasteiger partial charge on any atom is 0.179 e. The Kier molecular flexibility index (Phi) is 5.12. The summed E-state index contributed by atoms with van der Waals surface area (Å²) in [5.74, 6) is -0.110. The van der Waals surface area contributed by atoms with E-state index in [4.69, 9.17) is 23.2 Å². The summed E-state index contributed by atoms with van der Waals surface area (Å²) in [7, 11) is 1.88. The lowest BCUT2D eigenvalue weighted by Gasteiger charge is -2.16. The Morgan fingerprint density at radius 3 is 2.35 bits per heavy atom. The fourth-order valence-corrected chi connectivity index (χ4v) is 2.53. The van der Waals surface area contributed by atoms with Crippen molar-refractivity contribution in [1.29, 1.82) is 0 Å². The summed E-state index contributed by atoms with van der Waals surface area (Å²) in [5.41, 5.74) is 1.48. The molecule has 1 heterocycles. The number of likely N-dealkylation sites (N-methyl/N-ethyl adjacent to an activating group) is 1. The third-order valence-electron chi connectivity index (χ3n) is 2.84. The molecule has 0 saturated carbocycles. The fourth-order valence-electron chi connectivity index (χ4n) is 1.95. The van der Waals surface area contributed by atoms with E-state index in [2.05, 4.69) is 4.98 Å². The first-order valence-electron chi connectivity index (χ1n) is 6.12. The van der Waals surface area contributed by atoms with Crippen LogP contribution in [0.2, 0.25) is 10.0 Å². The van der Waals surface area contributed by atoms with E-state index >= 15 is 0 Å². The van der Waals surface area contributed by atoms with E-state index in [1.165, 1.54) is 12.4 Å². The molecule has 0 aliphatic rings. The minimum Gasteiger partial charge on any atom is -0.295 e. The highest BCUT2D eigenvalue weighted by molar-refractivity contribution is 6.39. The van der Waals surface area contributed by atoms with Crippen LogP contribution < -0.4 is 0 Å². The van der Waals surface area contributed by atoms with E-state index < -0.39 is 0 Å². The lowest BCUT2D eigenvalue weighted by Crippen LogP contribution is -2.26. The van der Waals surface area contributed by atoms with E-state index in [-0.39, 0.29) is 22.4 Å². The summed E-state index contributed by atoms with van der Waals surface area (Å²) in [6.07, 6.45) is 2.86. The average Bonchev–Trinajstić information content (AvgIpc) is 2.39. The van der Waals surface area contributed by atoms with Crippen molar-refractivity contribution in [2.45, 2.75) is 6.54 Å². The van der Waals surface area contributed by atoms with Crippen molar-refractivity contribution >= 4 is 29.0 Å². The van der Waals surface area contributed by atoms with Gasteiger partial charge in [0.25, 0.3) is 0 Å². The summed E-state index contributed by atoms with van der Waals surface area (Å²) in [6, 6.07) is 9.95. The molecule has 0 spiro atoms. The van der Waals surface area contributed by atoms with Crippen LogP contribution in [0.5, 0.6) is 0 Å². The summed E-state index contributed by atoms with van der Waals surface area (Å²) in [4.78, 5) is 18.0. The van der Waals surface area contributed by atoms with Crippen LogP contribution in [-0.2, 0) is 6.54 Å². The number of rotatable bonds is 5. The molecule has 3 nitrogen and oxygen atoms in total. The molecule has 0 aliphatic heterocycles. The third kappa shape index (κ3) is 3.79. The van der Waals surface area contributed by atoms with Crippen molar-refractivity contribution in [2.75, 3.05) is 13.6 Å². The molecule has 0 N–H and O–H groups in total. The summed E-state index contributed by atoms with van der Waals surface area (Å²) < 4.78 is 0. The van der Waals surface area contributed by atoms with Crippen molar-refractivity contribution in [1.82, 2.24) is 9.88 Å². The molecule has 0 saturated heterocycles. The van der Waals surface area contributed by atoms with Gasteiger partial charge in [0.15, 0.2) is 5.78 Å². The molecule has 0 aliphatic carbocycles. The Morgan fingerprint density at radius 2 is 1.75 bits per heavy atom. The van der Waals surface area contributed by atoms with Crippen LogP contribution in [0.25, 0.3) is 0 Å². The van der Waals surface area contributed by atoms with E-state index in [0.29, 0.717) is 12.1 Å². The van der Waals surface area contributed by atoms with Gasteiger partial charge in [0, 0.05) is 18.9 Å². The van der Waals surface area contributed by atoms with Gasteiger partial charge in [-0.2, -0.15) is 0 Å². The molecule has 0 unspecified atom stereocenters. The summed E-state index contributed by atoms with van der Waals surface area (Å²) in [6.45, 7) is 0.936. The zero-order chi connectivity index (χ0) is 14.5. The second kappa shape index (κ2) is 6.84. The molecule has 20 heavy (non-hydrogen) atoms. The molecule has 2 rings (SSSR count). The largest absolute Gasteiger partial charge is 0.295 e. The van der Waals surface area contributed by atoms with Gasteiger partial charge in [-0.05, 0) is 12.6 Å². The van der Waals surface area contributed by atoms with Gasteiger partial charge in [-0.1, -0.05) is 53.5 Å². The molecule has 0 fully saturated rings. The molecule has 104 valence electrons. The van der Waals surface area contributed by atoms with Crippen molar-refractivity contribution in [3.63, 3.8) is 0 Å². The van der Waals surface area contributed by atoms with Gasteiger partial charge >= 0.3 is 0 Å². The number of carbonyl (C=O) groups is 1. The number of benzene rings is 1. The van der Waals surface area contributed by atoms with Crippen molar-refractivity contribution in [2.24, 2.45) is 0 Å². The quantitative estimate of drug-likeness (QED) is 0.790. The summed E-state index contributed by atoms with van der Waals surface area (Å²) in [5, 5.41) is 0.575. The van der Waals surface area contributed by atoms with Gasteiger partial charge < -0.3 is 0 Å². The molecule has 1 aromatic heterocycles. The van der Waals surface area contributed by atoms with Gasteiger partial charge in [0.2, 0.25) is 0 Å². The Labute approximate surface area is 128 Å². The number of carbonyl (C=O) groups excluding carboxylic acids is 1. The first-order valence-corrected chi connectivity index (χ1v) is 6.88. The van der Waals surface area contributed by atoms with Crippen LogP contribution in [0.3, 0.4) is 0 Å². The van der Waals surface area contributed by atoms with E-state index in [1.54, 1.807) is 0 Å². The summed E-state index contributed by atoms with van der Waals surface area (Å²) >= 11 is 12.0. The normalized spacial score (nSPS) is 10.8. The number of hydrogen-bond donors (Lipinski definition) is 0. The molecule has 1 aromatic carbocycles. The standard InChI is InChI=1S/C15H14Cl2N2O/c1-19(9-11-5-3-2-4-6-11)10-14(20)15-12(16)7-18-8-13(15)17/h2-8H,9-10H2,1H3. The Bertz CT molecular complexity index is 582. The molecule has 0 bridgehead atoms. The molecular weight excluding hydrogens is 295 g/mol. The maximum atomic E-state index is 12.2. The Morgan fingerprint density at radius 1 is 1.15 bits per heavy atom. The third-order valence-corrected chi connectivity index (χ3v) is 3.41. The molecular formula is C15H14Cl2N2O. The van der Waals surface area contributed by atoms with Crippen LogP contribution in [-0.4, -0.2) is 29.3 Å². The number of hydrogen-bond acceptors (Lipinski definition) is 3. The molecule has 0 amide bonds. The SMILES string of the molecule is CN(CC(=O)c1c(Cl)cncc1Cl)Cc1ccccc1. The van der Waals surface area contributed by atoms with Crippen molar-refractivity contribution in [3.8, 4) is 0 Å². The highest BCUT2D eigenvalue weighted by atomic mass is 35.5. The van der Waals surface area contributed by atoms with Crippen LogP contribution >= 0.6 is 23.2 Å². The number of pyridine rings is 1. The second-order valence-corrected chi connectivity index (χ2v) is 5.37. The van der Waals surface area contributed by atoms with Gasteiger partial charge in [-0.15, -0.1) is 0 Å². The maximum absolute atomic E-state index is 12.2. The van der Waals surface area contributed by atoms with Crippen molar-refractivity contribution < 1.29 is 4.79 Å². The second-order valence-electron chi connectivity index (χ2n) is 4.56. The van der Waals surface area contributed by atoms with Crippen LogP contribution in [0.4, 0.5) is 0 Å². The zero-order valence-corrected chi connectivity index (χ0v) is 12.5. The van der Waals surface area contributed by atoms with Crippen molar-refractivity contribution in [3.05, 3.63) is 63.9 Å². The first-order chi connectivity index (χ1) is 9.58. The van der Waals surface area contributed by atoms with Gasteiger partial charge in [-0.25, -0.2) is 0 Å². The minimum absolute atomic E-state index is 0.110. The number of aromatic nitrogens is 1. The Hall–Kier alpha value is -1.42. The van der Waals surface area contributed by atoms with E-state index in [1.807, 2.05) is 42.3 Å². The highest BCUT2D eigenvalue weighted by Gasteiger charge is 2.16. The first kappa shape index (κ1) is 15.0. The Balaban J connectivity index is 2.04. The lowest BCUT2D eigenvalue weighted by molar-refractivity contribution is 0.0943. The molecule has 0 radical (unpaired) electrons. The number of ketones is 1. The van der Waals surface area contributed by atoms with Crippen LogP contribution in [0, 0.1) is 0 Å².